The summed E-state index contributed by atoms with van der Waals surface area (Å²) in [6, 6.07) is 11.0. The van der Waals surface area contributed by atoms with Gasteiger partial charge in [0.2, 0.25) is 0 Å². The smallest absolute Gasteiger partial charge is 0.124 e. The van der Waals surface area contributed by atoms with Gasteiger partial charge in [-0.15, -0.1) is 0 Å². The first-order valence-corrected chi connectivity index (χ1v) is 6.25. The van der Waals surface area contributed by atoms with Crippen molar-refractivity contribution in [2.75, 3.05) is 5.73 Å². The zero-order valence-corrected chi connectivity index (χ0v) is 11.4. The first kappa shape index (κ1) is 13.1. The Morgan fingerprint density at radius 3 is 2.61 bits per heavy atom. The number of halogens is 2. The number of hydrogen-bond acceptors (Lipinski definition) is 2. The molecule has 2 N–H and O–H groups in total. The van der Waals surface area contributed by atoms with E-state index in [1.165, 1.54) is 0 Å². The molecule has 0 aliphatic carbocycles. The Bertz CT molecular complexity index is 570. The lowest BCUT2D eigenvalue weighted by atomic mass is 10.2. The molecular formula is C14H13Cl2NO. The van der Waals surface area contributed by atoms with E-state index in [0.29, 0.717) is 16.7 Å². The van der Waals surface area contributed by atoms with Crippen LogP contribution >= 0.6 is 23.2 Å². The zero-order valence-electron chi connectivity index (χ0n) is 9.91. The van der Waals surface area contributed by atoms with E-state index in [-0.39, 0.29) is 0 Å². The number of anilines is 1. The third-order valence-corrected chi connectivity index (χ3v) is 3.44. The van der Waals surface area contributed by atoms with Gasteiger partial charge in [0.1, 0.15) is 12.4 Å². The number of nitrogens with two attached hydrogens (primary N) is 1. The molecule has 0 spiro atoms. The minimum Gasteiger partial charge on any atom is -0.489 e. The summed E-state index contributed by atoms with van der Waals surface area (Å²) in [4.78, 5) is 0. The standard InChI is InChI=1S/C14H13Cl2NO/c1-9-13(17)3-2-4-14(9)18-8-10-5-6-11(15)12(16)7-10/h2-7H,8,17H2,1H3. The van der Waals surface area contributed by atoms with Crippen LogP contribution in [0.2, 0.25) is 10.0 Å². The maximum atomic E-state index is 5.94. The lowest BCUT2D eigenvalue weighted by molar-refractivity contribution is 0.304. The van der Waals surface area contributed by atoms with Gasteiger partial charge in [0.25, 0.3) is 0 Å². The predicted molar refractivity (Wildman–Crippen MR) is 76.4 cm³/mol. The van der Waals surface area contributed by atoms with Crippen LogP contribution in [0.1, 0.15) is 11.1 Å². The second-order valence-corrected chi connectivity index (χ2v) is 4.82. The van der Waals surface area contributed by atoms with Crippen LogP contribution in [0.25, 0.3) is 0 Å². The first-order chi connectivity index (χ1) is 8.58. The molecule has 0 saturated carbocycles. The highest BCUT2D eigenvalue weighted by atomic mass is 35.5. The van der Waals surface area contributed by atoms with E-state index in [9.17, 15) is 0 Å². The highest BCUT2D eigenvalue weighted by Crippen LogP contribution is 2.26. The molecule has 0 bridgehead atoms. The van der Waals surface area contributed by atoms with Crippen molar-refractivity contribution in [1.82, 2.24) is 0 Å². The van der Waals surface area contributed by atoms with Crippen molar-refractivity contribution in [2.24, 2.45) is 0 Å². The van der Waals surface area contributed by atoms with E-state index in [2.05, 4.69) is 0 Å². The summed E-state index contributed by atoms with van der Waals surface area (Å²) in [5.41, 5.74) is 8.45. The van der Waals surface area contributed by atoms with Crippen molar-refractivity contribution in [1.29, 1.82) is 0 Å². The van der Waals surface area contributed by atoms with Gasteiger partial charge in [0.15, 0.2) is 0 Å². The fourth-order valence-electron chi connectivity index (χ4n) is 1.58. The summed E-state index contributed by atoms with van der Waals surface area (Å²) in [5.74, 6) is 0.779. The van der Waals surface area contributed by atoms with Crippen molar-refractivity contribution in [3.05, 3.63) is 57.6 Å². The lowest BCUT2D eigenvalue weighted by Gasteiger charge is -2.11. The van der Waals surface area contributed by atoms with E-state index in [0.717, 1.165) is 22.6 Å². The lowest BCUT2D eigenvalue weighted by Crippen LogP contribution is -1.99. The van der Waals surface area contributed by atoms with Crippen molar-refractivity contribution < 1.29 is 4.74 Å². The van der Waals surface area contributed by atoms with Gasteiger partial charge in [-0.1, -0.05) is 35.3 Å². The normalized spacial score (nSPS) is 10.4. The van der Waals surface area contributed by atoms with Gasteiger partial charge < -0.3 is 10.5 Å². The average molecular weight is 282 g/mol. The molecule has 0 amide bonds. The fourth-order valence-corrected chi connectivity index (χ4v) is 1.90. The number of hydrogen-bond donors (Lipinski definition) is 1. The maximum Gasteiger partial charge on any atom is 0.124 e. The van der Waals surface area contributed by atoms with Crippen LogP contribution < -0.4 is 10.5 Å². The highest BCUT2D eigenvalue weighted by Gasteiger charge is 2.04. The molecule has 2 rings (SSSR count). The van der Waals surface area contributed by atoms with Crippen molar-refractivity contribution in [3.63, 3.8) is 0 Å². The summed E-state index contributed by atoms with van der Waals surface area (Å²) >= 11 is 11.8. The predicted octanol–water partition coefficient (Wildman–Crippen LogP) is 4.46. The average Bonchev–Trinajstić information content (AvgIpc) is 2.35. The Balaban J connectivity index is 2.11. The molecule has 0 aliphatic heterocycles. The largest absolute Gasteiger partial charge is 0.489 e. The van der Waals surface area contributed by atoms with E-state index in [1.54, 1.807) is 12.1 Å². The number of benzene rings is 2. The summed E-state index contributed by atoms with van der Waals surface area (Å²) in [6.07, 6.45) is 0. The molecule has 2 aromatic carbocycles. The van der Waals surface area contributed by atoms with E-state index >= 15 is 0 Å². The Kier molecular flexibility index (Phi) is 4.00. The molecule has 0 aliphatic rings. The minimum atomic E-state index is 0.432. The van der Waals surface area contributed by atoms with E-state index < -0.39 is 0 Å². The van der Waals surface area contributed by atoms with Gasteiger partial charge in [0, 0.05) is 11.3 Å². The quantitative estimate of drug-likeness (QED) is 0.843. The molecule has 0 heterocycles. The molecule has 0 unspecified atom stereocenters. The third kappa shape index (κ3) is 2.89. The molecule has 18 heavy (non-hydrogen) atoms. The highest BCUT2D eigenvalue weighted by molar-refractivity contribution is 6.42. The Morgan fingerprint density at radius 2 is 1.89 bits per heavy atom. The molecule has 2 nitrogen and oxygen atoms in total. The van der Waals surface area contributed by atoms with Crippen LogP contribution in [-0.2, 0) is 6.61 Å². The molecule has 0 aromatic heterocycles. The molecule has 0 fully saturated rings. The molecule has 0 radical (unpaired) electrons. The summed E-state index contributed by atoms with van der Waals surface area (Å²) in [5, 5.41) is 1.07. The van der Waals surface area contributed by atoms with Crippen LogP contribution in [0.5, 0.6) is 5.75 Å². The van der Waals surface area contributed by atoms with Crippen LogP contribution in [0.4, 0.5) is 5.69 Å². The molecule has 2 aromatic rings. The van der Waals surface area contributed by atoms with Crippen LogP contribution in [0.3, 0.4) is 0 Å². The van der Waals surface area contributed by atoms with Gasteiger partial charge >= 0.3 is 0 Å². The van der Waals surface area contributed by atoms with Crippen molar-refractivity contribution in [3.8, 4) is 5.75 Å². The van der Waals surface area contributed by atoms with Gasteiger partial charge in [-0.2, -0.15) is 0 Å². The first-order valence-electron chi connectivity index (χ1n) is 5.50. The van der Waals surface area contributed by atoms with Crippen LogP contribution in [0, 0.1) is 6.92 Å². The van der Waals surface area contributed by atoms with Crippen LogP contribution in [-0.4, -0.2) is 0 Å². The van der Waals surface area contributed by atoms with Crippen LogP contribution in [0.15, 0.2) is 36.4 Å². The topological polar surface area (TPSA) is 35.2 Å². The Labute approximate surface area is 116 Å². The minimum absolute atomic E-state index is 0.432. The van der Waals surface area contributed by atoms with Gasteiger partial charge in [0.05, 0.1) is 10.0 Å². The third-order valence-electron chi connectivity index (χ3n) is 2.70. The number of nitrogen functional groups attached to an aromatic ring is 1. The maximum absolute atomic E-state index is 5.94. The second-order valence-electron chi connectivity index (χ2n) is 4.01. The molecule has 94 valence electrons. The van der Waals surface area contributed by atoms with E-state index in [4.69, 9.17) is 33.7 Å². The molecular weight excluding hydrogens is 269 g/mol. The summed E-state index contributed by atoms with van der Waals surface area (Å²) < 4.78 is 5.72. The monoisotopic (exact) mass is 281 g/mol. The Hall–Kier alpha value is -1.38. The van der Waals surface area contributed by atoms with Gasteiger partial charge in [-0.05, 0) is 36.8 Å². The Morgan fingerprint density at radius 1 is 1.11 bits per heavy atom. The molecule has 4 heteroatoms. The van der Waals surface area contributed by atoms with Crippen molar-refractivity contribution in [2.45, 2.75) is 13.5 Å². The van der Waals surface area contributed by atoms with Crippen molar-refractivity contribution >= 4 is 28.9 Å². The van der Waals surface area contributed by atoms with E-state index in [1.807, 2.05) is 31.2 Å². The van der Waals surface area contributed by atoms with Gasteiger partial charge in [-0.25, -0.2) is 0 Å². The summed E-state index contributed by atoms with van der Waals surface area (Å²) in [6.45, 7) is 2.36. The SMILES string of the molecule is Cc1c(N)cccc1OCc1ccc(Cl)c(Cl)c1. The number of ether oxygens (including phenoxy) is 1. The zero-order chi connectivity index (χ0) is 13.1. The summed E-state index contributed by atoms with van der Waals surface area (Å²) in [7, 11) is 0. The molecule has 0 atom stereocenters. The fraction of sp³-hybridized carbons (Fsp3) is 0.143. The second kappa shape index (κ2) is 5.51. The molecule has 0 saturated heterocycles. The van der Waals surface area contributed by atoms with Gasteiger partial charge in [-0.3, -0.25) is 0 Å². The number of rotatable bonds is 3.